The van der Waals surface area contributed by atoms with Crippen molar-refractivity contribution in [3.63, 3.8) is 0 Å². The number of rotatable bonds is 6. The van der Waals surface area contributed by atoms with Gasteiger partial charge in [0.25, 0.3) is 0 Å². The maximum atomic E-state index is 5.71. The van der Waals surface area contributed by atoms with E-state index in [9.17, 15) is 0 Å². The van der Waals surface area contributed by atoms with E-state index in [0.29, 0.717) is 12.1 Å². The molecule has 0 radical (unpaired) electrons. The Bertz CT molecular complexity index is 358. The Morgan fingerprint density at radius 1 is 1.39 bits per heavy atom. The van der Waals surface area contributed by atoms with Crippen molar-refractivity contribution in [3.8, 4) is 0 Å². The lowest BCUT2D eigenvalue weighted by Gasteiger charge is -2.21. The van der Waals surface area contributed by atoms with E-state index in [1.807, 2.05) is 0 Å². The Balaban J connectivity index is 1.98. The molecule has 1 aliphatic rings. The normalized spacial score (nSPS) is 21.1. The largest absolute Gasteiger partial charge is 0.378 e. The number of hydrogen-bond donors (Lipinski definition) is 1. The van der Waals surface area contributed by atoms with Crippen LogP contribution in [0.4, 0.5) is 0 Å². The molecule has 0 spiro atoms. The highest BCUT2D eigenvalue weighted by Gasteiger charge is 2.19. The Hall–Kier alpha value is -0.860. The van der Waals surface area contributed by atoms with Gasteiger partial charge in [0.05, 0.1) is 6.10 Å². The second-order valence-electron chi connectivity index (χ2n) is 5.11. The molecule has 2 nitrogen and oxygen atoms in total. The third kappa shape index (κ3) is 3.33. The lowest BCUT2D eigenvalue weighted by atomic mass is 9.94. The maximum absolute atomic E-state index is 5.71. The van der Waals surface area contributed by atoms with Gasteiger partial charge in [0.15, 0.2) is 0 Å². The van der Waals surface area contributed by atoms with Gasteiger partial charge in [0, 0.05) is 12.6 Å². The fourth-order valence-electron chi connectivity index (χ4n) is 2.88. The Morgan fingerprint density at radius 3 is 2.89 bits per heavy atom. The van der Waals surface area contributed by atoms with E-state index >= 15 is 0 Å². The third-order valence-electron chi connectivity index (χ3n) is 3.96. The number of hydrogen-bond acceptors (Lipinski definition) is 2. The maximum Gasteiger partial charge on any atom is 0.0576 e. The smallest absolute Gasteiger partial charge is 0.0576 e. The van der Waals surface area contributed by atoms with Crippen molar-refractivity contribution in [1.82, 2.24) is 5.32 Å². The van der Waals surface area contributed by atoms with Crippen LogP contribution in [0, 0.1) is 0 Å². The number of benzene rings is 1. The van der Waals surface area contributed by atoms with Crippen LogP contribution in [0.3, 0.4) is 0 Å². The summed E-state index contributed by atoms with van der Waals surface area (Å²) in [5, 5.41) is 3.46. The fourth-order valence-corrected chi connectivity index (χ4v) is 2.88. The minimum Gasteiger partial charge on any atom is -0.378 e. The summed E-state index contributed by atoms with van der Waals surface area (Å²) in [6.45, 7) is 3.19. The summed E-state index contributed by atoms with van der Waals surface area (Å²) in [5.41, 5.74) is 2.92. The van der Waals surface area contributed by atoms with Gasteiger partial charge in [0.2, 0.25) is 0 Å². The molecule has 0 aliphatic carbocycles. The van der Waals surface area contributed by atoms with Gasteiger partial charge in [0.1, 0.15) is 0 Å². The van der Waals surface area contributed by atoms with Crippen molar-refractivity contribution < 1.29 is 4.74 Å². The van der Waals surface area contributed by atoms with Crippen LogP contribution in [0.15, 0.2) is 24.3 Å². The van der Waals surface area contributed by atoms with Crippen LogP contribution in [-0.2, 0) is 11.2 Å². The first-order valence-corrected chi connectivity index (χ1v) is 7.21. The molecule has 1 fully saturated rings. The van der Waals surface area contributed by atoms with Gasteiger partial charge in [-0.25, -0.2) is 0 Å². The molecule has 0 aromatic heterocycles. The van der Waals surface area contributed by atoms with E-state index in [1.165, 1.54) is 30.4 Å². The van der Waals surface area contributed by atoms with Crippen LogP contribution in [0.5, 0.6) is 0 Å². The van der Waals surface area contributed by atoms with Crippen LogP contribution < -0.4 is 5.32 Å². The van der Waals surface area contributed by atoms with Crippen molar-refractivity contribution in [2.45, 2.75) is 51.2 Å². The van der Waals surface area contributed by atoms with Crippen molar-refractivity contribution in [1.29, 1.82) is 0 Å². The monoisotopic (exact) mass is 247 g/mol. The van der Waals surface area contributed by atoms with Crippen LogP contribution in [0.1, 0.15) is 49.8 Å². The van der Waals surface area contributed by atoms with Gasteiger partial charge in [-0.3, -0.25) is 0 Å². The van der Waals surface area contributed by atoms with Crippen LogP contribution >= 0.6 is 0 Å². The first-order valence-electron chi connectivity index (χ1n) is 7.21. The van der Waals surface area contributed by atoms with Gasteiger partial charge in [-0.2, -0.15) is 0 Å². The summed E-state index contributed by atoms with van der Waals surface area (Å²) in [5.74, 6) is 0. The van der Waals surface area contributed by atoms with Crippen molar-refractivity contribution in [2.75, 3.05) is 13.7 Å². The second-order valence-corrected chi connectivity index (χ2v) is 5.11. The predicted octanol–water partition coefficient (Wildman–Crippen LogP) is 3.47. The molecule has 1 aromatic rings. The summed E-state index contributed by atoms with van der Waals surface area (Å²) < 4.78 is 5.71. The highest BCUT2D eigenvalue weighted by molar-refractivity contribution is 5.30. The van der Waals surface area contributed by atoms with Crippen molar-refractivity contribution >= 4 is 0 Å². The molecule has 1 N–H and O–H groups in total. The SMILES string of the molecule is CCc1ccccc1C(CCC1CCCO1)NC. The molecule has 1 saturated heterocycles. The lowest BCUT2D eigenvalue weighted by Crippen LogP contribution is -2.20. The van der Waals surface area contributed by atoms with E-state index in [0.717, 1.165) is 19.4 Å². The van der Waals surface area contributed by atoms with E-state index in [4.69, 9.17) is 4.74 Å². The highest BCUT2D eigenvalue weighted by atomic mass is 16.5. The van der Waals surface area contributed by atoms with Crippen LogP contribution in [-0.4, -0.2) is 19.8 Å². The summed E-state index contributed by atoms with van der Waals surface area (Å²) in [7, 11) is 2.06. The zero-order chi connectivity index (χ0) is 12.8. The summed E-state index contributed by atoms with van der Waals surface area (Å²) >= 11 is 0. The number of aryl methyl sites for hydroxylation is 1. The predicted molar refractivity (Wildman–Crippen MR) is 75.8 cm³/mol. The average molecular weight is 247 g/mol. The Morgan fingerprint density at radius 2 is 2.22 bits per heavy atom. The molecule has 100 valence electrons. The molecule has 1 heterocycles. The lowest BCUT2D eigenvalue weighted by molar-refractivity contribution is 0.0998. The molecule has 2 rings (SSSR count). The summed E-state index contributed by atoms with van der Waals surface area (Å²) in [4.78, 5) is 0. The molecule has 18 heavy (non-hydrogen) atoms. The third-order valence-corrected chi connectivity index (χ3v) is 3.96. The molecule has 0 saturated carbocycles. The molecule has 1 aliphatic heterocycles. The van der Waals surface area contributed by atoms with Gasteiger partial charge < -0.3 is 10.1 Å². The zero-order valence-corrected chi connectivity index (χ0v) is 11.6. The molecule has 2 unspecified atom stereocenters. The fraction of sp³-hybridized carbons (Fsp3) is 0.625. The van der Waals surface area contributed by atoms with Crippen LogP contribution in [0.2, 0.25) is 0 Å². The standard InChI is InChI=1S/C16H25NO/c1-3-13-7-4-5-9-15(13)16(17-2)11-10-14-8-6-12-18-14/h4-5,7,9,14,16-17H,3,6,8,10-12H2,1-2H3. The minimum absolute atomic E-state index is 0.463. The van der Waals surface area contributed by atoms with Gasteiger partial charge >= 0.3 is 0 Å². The van der Waals surface area contributed by atoms with E-state index in [-0.39, 0.29) is 0 Å². The summed E-state index contributed by atoms with van der Waals surface area (Å²) in [6, 6.07) is 9.24. The van der Waals surface area contributed by atoms with Gasteiger partial charge in [-0.15, -0.1) is 0 Å². The Labute approximate surface area is 111 Å². The van der Waals surface area contributed by atoms with E-state index in [2.05, 4.69) is 43.6 Å². The number of ether oxygens (including phenoxy) is 1. The second kappa shape index (κ2) is 6.91. The molecule has 1 aromatic carbocycles. The molecule has 2 atom stereocenters. The van der Waals surface area contributed by atoms with Gasteiger partial charge in [-0.1, -0.05) is 31.2 Å². The Kier molecular flexibility index (Phi) is 5.21. The van der Waals surface area contributed by atoms with E-state index in [1.54, 1.807) is 0 Å². The number of nitrogens with one attached hydrogen (secondary N) is 1. The first-order chi connectivity index (χ1) is 8.85. The van der Waals surface area contributed by atoms with Crippen molar-refractivity contribution in [2.24, 2.45) is 0 Å². The van der Waals surface area contributed by atoms with Crippen LogP contribution in [0.25, 0.3) is 0 Å². The molecule has 0 bridgehead atoms. The van der Waals surface area contributed by atoms with Gasteiger partial charge in [-0.05, 0) is 50.3 Å². The summed E-state index contributed by atoms with van der Waals surface area (Å²) in [6.07, 6.45) is 6.41. The quantitative estimate of drug-likeness (QED) is 0.831. The molecule has 0 amide bonds. The highest BCUT2D eigenvalue weighted by Crippen LogP contribution is 2.26. The zero-order valence-electron chi connectivity index (χ0n) is 11.6. The molecule has 2 heteroatoms. The molecular formula is C16H25NO. The topological polar surface area (TPSA) is 21.3 Å². The first kappa shape index (κ1) is 13.6. The average Bonchev–Trinajstić information content (AvgIpc) is 2.93. The van der Waals surface area contributed by atoms with Crippen molar-refractivity contribution in [3.05, 3.63) is 35.4 Å². The molecular weight excluding hydrogens is 222 g/mol. The minimum atomic E-state index is 0.463. The van der Waals surface area contributed by atoms with E-state index < -0.39 is 0 Å².